The monoisotopic (exact) mass is 265 g/mol. The predicted molar refractivity (Wildman–Crippen MR) is 77.0 cm³/mol. The molecule has 2 fully saturated rings. The van der Waals surface area contributed by atoms with E-state index in [1.165, 1.54) is 49.5 Å². The van der Waals surface area contributed by atoms with Gasteiger partial charge in [-0.15, -0.1) is 11.3 Å². The molecule has 1 saturated carbocycles. The lowest BCUT2D eigenvalue weighted by Crippen LogP contribution is -2.49. The summed E-state index contributed by atoms with van der Waals surface area (Å²) in [5.74, 6) is 0. The SMILES string of the molecule is Cc1ccsc1C(CN)N1CCN(C2CC2)CC1. The number of nitrogens with two attached hydrogens (primary N) is 1. The largest absolute Gasteiger partial charge is 0.329 e. The lowest BCUT2D eigenvalue weighted by molar-refractivity contribution is 0.0948. The van der Waals surface area contributed by atoms with Crippen LogP contribution >= 0.6 is 11.3 Å². The maximum Gasteiger partial charge on any atom is 0.0567 e. The van der Waals surface area contributed by atoms with Crippen molar-refractivity contribution in [2.75, 3.05) is 32.7 Å². The van der Waals surface area contributed by atoms with E-state index >= 15 is 0 Å². The Morgan fingerprint density at radius 3 is 2.56 bits per heavy atom. The first-order valence-electron chi connectivity index (χ1n) is 7.01. The molecule has 1 aliphatic carbocycles. The lowest BCUT2D eigenvalue weighted by atomic mass is 10.1. The van der Waals surface area contributed by atoms with E-state index in [4.69, 9.17) is 5.73 Å². The van der Waals surface area contributed by atoms with E-state index in [9.17, 15) is 0 Å². The van der Waals surface area contributed by atoms with Crippen LogP contribution in [0.1, 0.15) is 29.3 Å². The molecule has 1 aliphatic heterocycles. The molecule has 3 rings (SSSR count). The highest BCUT2D eigenvalue weighted by Crippen LogP contribution is 2.31. The van der Waals surface area contributed by atoms with Crippen LogP contribution in [-0.4, -0.2) is 48.6 Å². The fraction of sp³-hybridized carbons (Fsp3) is 0.714. The zero-order valence-corrected chi connectivity index (χ0v) is 12.0. The maximum atomic E-state index is 6.02. The first kappa shape index (κ1) is 12.6. The van der Waals surface area contributed by atoms with E-state index in [2.05, 4.69) is 28.2 Å². The van der Waals surface area contributed by atoms with Gasteiger partial charge >= 0.3 is 0 Å². The van der Waals surface area contributed by atoms with Gasteiger partial charge in [0.2, 0.25) is 0 Å². The standard InChI is InChI=1S/C14H23N3S/c1-11-4-9-18-14(11)13(10-15)17-7-5-16(6-8-17)12-2-3-12/h4,9,12-13H,2-3,5-8,10,15H2,1H3. The Hall–Kier alpha value is -0.420. The average Bonchev–Trinajstić information content (AvgIpc) is 3.16. The van der Waals surface area contributed by atoms with Gasteiger partial charge in [-0.3, -0.25) is 9.80 Å². The van der Waals surface area contributed by atoms with Crippen molar-refractivity contribution in [3.63, 3.8) is 0 Å². The molecule has 3 nitrogen and oxygen atoms in total. The number of hydrogen-bond acceptors (Lipinski definition) is 4. The summed E-state index contributed by atoms with van der Waals surface area (Å²) >= 11 is 1.86. The second kappa shape index (κ2) is 5.29. The molecule has 0 bridgehead atoms. The van der Waals surface area contributed by atoms with Gasteiger partial charge in [-0.05, 0) is 36.8 Å². The average molecular weight is 265 g/mol. The van der Waals surface area contributed by atoms with Gasteiger partial charge < -0.3 is 5.73 Å². The molecule has 2 aliphatic rings. The molecule has 2 heterocycles. The third-order valence-corrected chi connectivity index (χ3v) is 5.40. The van der Waals surface area contributed by atoms with Gasteiger partial charge in [0.15, 0.2) is 0 Å². The third-order valence-electron chi connectivity index (χ3n) is 4.28. The molecule has 1 aromatic rings. The fourth-order valence-electron chi connectivity index (χ4n) is 3.00. The van der Waals surface area contributed by atoms with Crippen molar-refractivity contribution in [2.45, 2.75) is 31.8 Å². The first-order chi connectivity index (χ1) is 8.79. The summed E-state index contributed by atoms with van der Waals surface area (Å²) in [6, 6.07) is 3.56. The molecule has 4 heteroatoms. The van der Waals surface area contributed by atoms with Crippen LogP contribution in [0.2, 0.25) is 0 Å². The van der Waals surface area contributed by atoms with Gasteiger partial charge in [-0.2, -0.15) is 0 Å². The summed E-state index contributed by atoms with van der Waals surface area (Å²) in [5, 5.41) is 2.19. The molecule has 1 saturated heterocycles. The highest BCUT2D eigenvalue weighted by Gasteiger charge is 2.33. The summed E-state index contributed by atoms with van der Waals surface area (Å²) in [4.78, 5) is 6.71. The zero-order valence-electron chi connectivity index (χ0n) is 11.1. The minimum absolute atomic E-state index is 0.436. The van der Waals surface area contributed by atoms with Crippen molar-refractivity contribution in [1.29, 1.82) is 0 Å². The summed E-state index contributed by atoms with van der Waals surface area (Å²) in [5.41, 5.74) is 7.42. The van der Waals surface area contributed by atoms with Gasteiger partial charge in [0.05, 0.1) is 6.04 Å². The van der Waals surface area contributed by atoms with E-state index in [1.807, 2.05) is 11.3 Å². The van der Waals surface area contributed by atoms with Crippen LogP contribution in [0, 0.1) is 6.92 Å². The Labute approximate surface area is 114 Å². The van der Waals surface area contributed by atoms with Gasteiger partial charge in [0.25, 0.3) is 0 Å². The Morgan fingerprint density at radius 1 is 1.33 bits per heavy atom. The second-order valence-electron chi connectivity index (χ2n) is 5.52. The summed E-state index contributed by atoms with van der Waals surface area (Å²) in [6.07, 6.45) is 2.84. The van der Waals surface area contributed by atoms with E-state index in [0.717, 1.165) is 12.6 Å². The molecule has 2 N–H and O–H groups in total. The molecule has 18 heavy (non-hydrogen) atoms. The highest BCUT2D eigenvalue weighted by molar-refractivity contribution is 7.10. The molecule has 1 aromatic heterocycles. The minimum Gasteiger partial charge on any atom is -0.329 e. The van der Waals surface area contributed by atoms with Crippen molar-refractivity contribution in [2.24, 2.45) is 5.73 Å². The van der Waals surface area contributed by atoms with Crippen LogP contribution in [0.25, 0.3) is 0 Å². The Kier molecular flexibility index (Phi) is 3.71. The van der Waals surface area contributed by atoms with Crippen LogP contribution in [0.3, 0.4) is 0 Å². The number of piperazine rings is 1. The molecular weight excluding hydrogens is 242 g/mol. The van der Waals surface area contributed by atoms with E-state index < -0.39 is 0 Å². The third kappa shape index (κ3) is 2.48. The number of aryl methyl sites for hydroxylation is 1. The highest BCUT2D eigenvalue weighted by atomic mass is 32.1. The Bertz CT molecular complexity index is 391. The normalized spacial score (nSPS) is 24.3. The maximum absolute atomic E-state index is 6.02. The quantitative estimate of drug-likeness (QED) is 0.901. The molecule has 0 amide bonds. The zero-order chi connectivity index (χ0) is 12.5. The van der Waals surface area contributed by atoms with Gasteiger partial charge in [0.1, 0.15) is 0 Å². The molecule has 0 spiro atoms. The topological polar surface area (TPSA) is 32.5 Å². The van der Waals surface area contributed by atoms with Crippen molar-refractivity contribution in [1.82, 2.24) is 9.80 Å². The van der Waals surface area contributed by atoms with Crippen molar-refractivity contribution < 1.29 is 0 Å². The molecule has 1 atom stereocenters. The molecule has 1 unspecified atom stereocenters. The first-order valence-corrected chi connectivity index (χ1v) is 7.89. The minimum atomic E-state index is 0.436. The molecule has 0 radical (unpaired) electrons. The predicted octanol–water partition coefficient (Wildman–Crippen LogP) is 1.84. The molecule has 0 aromatic carbocycles. The van der Waals surface area contributed by atoms with Crippen LogP contribution in [0.4, 0.5) is 0 Å². The molecule has 100 valence electrons. The van der Waals surface area contributed by atoms with Crippen molar-refractivity contribution >= 4 is 11.3 Å². The van der Waals surface area contributed by atoms with Crippen LogP contribution in [0.5, 0.6) is 0 Å². The Morgan fingerprint density at radius 2 is 2.06 bits per heavy atom. The van der Waals surface area contributed by atoms with Crippen LogP contribution in [-0.2, 0) is 0 Å². The van der Waals surface area contributed by atoms with E-state index in [1.54, 1.807) is 0 Å². The second-order valence-corrected chi connectivity index (χ2v) is 6.47. The number of thiophene rings is 1. The molecular formula is C14H23N3S. The number of nitrogens with zero attached hydrogens (tertiary/aromatic N) is 2. The fourth-order valence-corrected chi connectivity index (χ4v) is 4.08. The summed E-state index contributed by atoms with van der Waals surface area (Å²) in [6.45, 7) is 7.75. The smallest absolute Gasteiger partial charge is 0.0567 e. The van der Waals surface area contributed by atoms with Gasteiger partial charge in [-0.1, -0.05) is 0 Å². The van der Waals surface area contributed by atoms with Crippen LogP contribution in [0.15, 0.2) is 11.4 Å². The van der Waals surface area contributed by atoms with Gasteiger partial charge in [-0.25, -0.2) is 0 Å². The van der Waals surface area contributed by atoms with Crippen molar-refractivity contribution in [3.8, 4) is 0 Å². The Balaban J connectivity index is 1.64. The number of hydrogen-bond donors (Lipinski definition) is 1. The van der Waals surface area contributed by atoms with Crippen molar-refractivity contribution in [3.05, 3.63) is 21.9 Å². The van der Waals surface area contributed by atoms with E-state index in [-0.39, 0.29) is 0 Å². The van der Waals surface area contributed by atoms with E-state index in [0.29, 0.717) is 6.04 Å². The number of rotatable bonds is 4. The summed E-state index contributed by atoms with van der Waals surface area (Å²) < 4.78 is 0. The van der Waals surface area contributed by atoms with Crippen LogP contribution < -0.4 is 5.73 Å². The van der Waals surface area contributed by atoms with Gasteiger partial charge in [0, 0.05) is 43.6 Å². The summed E-state index contributed by atoms with van der Waals surface area (Å²) in [7, 11) is 0. The lowest BCUT2D eigenvalue weighted by Gasteiger charge is -2.39.